The number of ether oxygens (including phenoxy) is 4. The van der Waals surface area contributed by atoms with Crippen LogP contribution in [0.1, 0.15) is 5.56 Å². The smallest absolute Gasteiger partial charge is 0.168 e. The Morgan fingerprint density at radius 3 is 2.83 bits per heavy atom. The molecule has 8 heteroatoms. The van der Waals surface area contributed by atoms with Crippen molar-refractivity contribution in [1.82, 2.24) is 0 Å². The van der Waals surface area contributed by atoms with Gasteiger partial charge in [-0.2, -0.15) is 0 Å². The van der Waals surface area contributed by atoms with Crippen molar-refractivity contribution in [3.63, 3.8) is 0 Å². The quantitative estimate of drug-likeness (QED) is 0.512. The number of azide groups is 1. The molecule has 23 heavy (non-hydrogen) atoms. The first-order chi connectivity index (χ1) is 11.2. The Morgan fingerprint density at radius 1 is 1.35 bits per heavy atom. The Morgan fingerprint density at radius 2 is 2.13 bits per heavy atom. The van der Waals surface area contributed by atoms with Crippen LogP contribution in [0.15, 0.2) is 35.4 Å². The van der Waals surface area contributed by atoms with Crippen LogP contribution in [0.5, 0.6) is 0 Å². The van der Waals surface area contributed by atoms with E-state index in [2.05, 4.69) is 10.0 Å². The van der Waals surface area contributed by atoms with Gasteiger partial charge in [0.1, 0.15) is 18.2 Å². The van der Waals surface area contributed by atoms with E-state index in [1.807, 2.05) is 30.3 Å². The molecule has 3 rings (SSSR count). The van der Waals surface area contributed by atoms with E-state index in [1.54, 1.807) is 0 Å². The zero-order valence-corrected chi connectivity index (χ0v) is 12.7. The first-order valence-corrected chi connectivity index (χ1v) is 7.44. The summed E-state index contributed by atoms with van der Waals surface area (Å²) in [7, 11) is 1.43. The van der Waals surface area contributed by atoms with E-state index < -0.39 is 36.9 Å². The minimum Gasteiger partial charge on any atom is -0.390 e. The molecule has 2 saturated heterocycles. The molecule has 0 amide bonds. The number of benzene rings is 1. The van der Waals surface area contributed by atoms with Gasteiger partial charge in [-0.15, -0.1) is 0 Å². The van der Waals surface area contributed by atoms with Crippen LogP contribution >= 0.6 is 0 Å². The summed E-state index contributed by atoms with van der Waals surface area (Å²) in [5.74, 6) is 0. The second-order valence-corrected chi connectivity index (χ2v) is 5.52. The van der Waals surface area contributed by atoms with Crippen LogP contribution in [0.3, 0.4) is 0 Å². The van der Waals surface area contributed by atoms with Gasteiger partial charge in [-0.3, -0.25) is 0 Å². The zero-order valence-electron chi connectivity index (χ0n) is 12.7. The standard InChI is InChI=1S/C15H19N3O5/c1-20-15-12(17-18-16)13(19)14-10(22-15)8-21-11(23-14)7-9-5-3-2-4-6-9/h2-6,10-15,19H,7-8H2,1H3/t10-,11-,12-,13-,14+,15-/m0/s1. The minimum absolute atomic E-state index is 0.280. The number of rotatable bonds is 4. The lowest BCUT2D eigenvalue weighted by molar-refractivity contribution is -0.335. The average Bonchev–Trinajstić information content (AvgIpc) is 2.58. The molecular weight excluding hydrogens is 302 g/mol. The minimum atomic E-state index is -1.02. The van der Waals surface area contributed by atoms with Crippen LogP contribution in [-0.2, 0) is 25.4 Å². The molecule has 0 aliphatic carbocycles. The number of nitrogens with zero attached hydrogens (tertiary/aromatic N) is 3. The molecule has 0 aromatic heterocycles. The molecule has 124 valence electrons. The normalized spacial score (nSPS) is 36.8. The van der Waals surface area contributed by atoms with Gasteiger partial charge in [-0.1, -0.05) is 35.4 Å². The first kappa shape index (κ1) is 16.2. The molecular formula is C15H19N3O5. The van der Waals surface area contributed by atoms with Crippen molar-refractivity contribution in [3.8, 4) is 0 Å². The highest BCUT2D eigenvalue weighted by Crippen LogP contribution is 2.31. The highest BCUT2D eigenvalue weighted by atomic mass is 16.7. The van der Waals surface area contributed by atoms with Crippen molar-refractivity contribution in [2.24, 2.45) is 5.11 Å². The van der Waals surface area contributed by atoms with Crippen molar-refractivity contribution in [3.05, 3.63) is 46.3 Å². The van der Waals surface area contributed by atoms with Gasteiger partial charge in [0, 0.05) is 18.4 Å². The lowest BCUT2D eigenvalue weighted by atomic mass is 9.96. The van der Waals surface area contributed by atoms with E-state index in [4.69, 9.17) is 24.5 Å². The predicted octanol–water partition coefficient (Wildman–Crippen LogP) is 1.38. The Labute approximate surface area is 133 Å². The van der Waals surface area contributed by atoms with Crippen molar-refractivity contribution < 1.29 is 24.1 Å². The molecule has 1 aromatic carbocycles. The molecule has 0 unspecified atom stereocenters. The molecule has 6 atom stereocenters. The van der Waals surface area contributed by atoms with Crippen molar-refractivity contribution in [2.45, 2.75) is 43.4 Å². The number of aliphatic hydroxyl groups is 1. The van der Waals surface area contributed by atoms with Gasteiger partial charge < -0.3 is 24.1 Å². The van der Waals surface area contributed by atoms with Crippen LogP contribution in [0, 0.1) is 0 Å². The van der Waals surface area contributed by atoms with Crippen LogP contribution in [0.25, 0.3) is 10.4 Å². The van der Waals surface area contributed by atoms with E-state index in [-0.39, 0.29) is 6.61 Å². The third-order valence-corrected chi connectivity index (χ3v) is 4.06. The predicted molar refractivity (Wildman–Crippen MR) is 79.4 cm³/mol. The molecule has 1 aromatic rings. The maximum Gasteiger partial charge on any atom is 0.168 e. The average molecular weight is 321 g/mol. The van der Waals surface area contributed by atoms with Crippen molar-refractivity contribution >= 4 is 0 Å². The van der Waals surface area contributed by atoms with Crippen LogP contribution in [0.2, 0.25) is 0 Å². The van der Waals surface area contributed by atoms with Crippen LogP contribution in [-0.4, -0.2) is 55.8 Å². The van der Waals surface area contributed by atoms with E-state index in [0.29, 0.717) is 6.42 Å². The highest BCUT2D eigenvalue weighted by Gasteiger charge is 2.49. The topological polar surface area (TPSA) is 106 Å². The lowest BCUT2D eigenvalue weighted by Crippen LogP contribution is -2.62. The SMILES string of the molecule is CO[C@H]1O[C@H]2CO[C@H](Cc3ccccc3)O[C@H]2[C@@H](O)[C@@H]1N=[N+]=[N-]. The zero-order chi connectivity index (χ0) is 16.2. The summed E-state index contributed by atoms with van der Waals surface area (Å²) >= 11 is 0. The second-order valence-electron chi connectivity index (χ2n) is 5.52. The molecule has 2 heterocycles. The van der Waals surface area contributed by atoms with Gasteiger partial charge in [0.2, 0.25) is 0 Å². The maximum absolute atomic E-state index is 10.5. The monoisotopic (exact) mass is 321 g/mol. The number of hydrogen-bond donors (Lipinski definition) is 1. The van der Waals surface area contributed by atoms with E-state index in [0.717, 1.165) is 5.56 Å². The molecule has 8 nitrogen and oxygen atoms in total. The number of hydrogen-bond acceptors (Lipinski definition) is 6. The molecule has 0 spiro atoms. The molecule has 2 aliphatic rings. The highest BCUT2D eigenvalue weighted by molar-refractivity contribution is 5.15. The molecule has 0 bridgehead atoms. The molecule has 2 fully saturated rings. The van der Waals surface area contributed by atoms with Gasteiger partial charge in [-0.25, -0.2) is 0 Å². The van der Waals surface area contributed by atoms with Gasteiger partial charge in [0.25, 0.3) is 0 Å². The molecule has 1 N–H and O–H groups in total. The van der Waals surface area contributed by atoms with Gasteiger partial charge in [0.05, 0.1) is 12.7 Å². The summed E-state index contributed by atoms with van der Waals surface area (Å²) in [5.41, 5.74) is 9.74. The summed E-state index contributed by atoms with van der Waals surface area (Å²) < 4.78 is 22.3. The molecule has 0 radical (unpaired) electrons. The second kappa shape index (κ2) is 7.27. The Hall–Kier alpha value is -1.67. The van der Waals surface area contributed by atoms with Gasteiger partial charge in [-0.05, 0) is 11.1 Å². The fourth-order valence-corrected chi connectivity index (χ4v) is 2.92. The van der Waals surface area contributed by atoms with Gasteiger partial charge in [0.15, 0.2) is 12.6 Å². The Bertz CT molecular complexity index is 565. The molecule has 0 saturated carbocycles. The fourth-order valence-electron chi connectivity index (χ4n) is 2.92. The number of fused-ring (bicyclic) bond motifs is 1. The van der Waals surface area contributed by atoms with Crippen LogP contribution < -0.4 is 0 Å². The van der Waals surface area contributed by atoms with Crippen molar-refractivity contribution in [2.75, 3.05) is 13.7 Å². The van der Waals surface area contributed by atoms with Crippen LogP contribution in [0.4, 0.5) is 0 Å². The Balaban J connectivity index is 1.70. The summed E-state index contributed by atoms with van der Waals surface area (Å²) in [6.07, 6.45) is -2.84. The maximum atomic E-state index is 10.5. The first-order valence-electron chi connectivity index (χ1n) is 7.44. The molecule has 2 aliphatic heterocycles. The van der Waals surface area contributed by atoms with E-state index >= 15 is 0 Å². The summed E-state index contributed by atoms with van der Waals surface area (Å²) in [4.78, 5) is 2.75. The number of methoxy groups -OCH3 is 1. The largest absolute Gasteiger partial charge is 0.390 e. The summed E-state index contributed by atoms with van der Waals surface area (Å²) in [6.45, 7) is 0.280. The van der Waals surface area contributed by atoms with E-state index in [1.165, 1.54) is 7.11 Å². The summed E-state index contributed by atoms with van der Waals surface area (Å²) in [6, 6.07) is 8.94. The van der Waals surface area contributed by atoms with Crippen molar-refractivity contribution in [1.29, 1.82) is 0 Å². The summed E-state index contributed by atoms with van der Waals surface area (Å²) in [5, 5.41) is 14.1. The third kappa shape index (κ3) is 3.48. The van der Waals surface area contributed by atoms with Gasteiger partial charge >= 0.3 is 0 Å². The number of aliphatic hydroxyl groups excluding tert-OH is 1. The van der Waals surface area contributed by atoms with E-state index in [9.17, 15) is 5.11 Å². The lowest BCUT2D eigenvalue weighted by Gasteiger charge is -2.46. The fraction of sp³-hybridized carbons (Fsp3) is 0.600. The Kier molecular flexibility index (Phi) is 5.12. The third-order valence-electron chi connectivity index (χ3n) is 4.06.